The molecule has 3 aromatic rings. The number of fused-ring (bicyclic) bond motifs is 1. The van der Waals surface area contributed by atoms with Gasteiger partial charge in [0, 0.05) is 0 Å². The second kappa shape index (κ2) is 6.48. The van der Waals surface area contributed by atoms with Gasteiger partial charge in [-0.05, 0) is 52.1 Å². The minimum atomic E-state index is 0.537. The van der Waals surface area contributed by atoms with E-state index in [-0.39, 0.29) is 0 Å². The molecule has 110 valence electrons. The van der Waals surface area contributed by atoms with Crippen LogP contribution < -0.4 is 4.74 Å². The predicted molar refractivity (Wildman–Crippen MR) is 94.5 cm³/mol. The van der Waals surface area contributed by atoms with Crippen molar-refractivity contribution in [3.63, 3.8) is 0 Å². The molecule has 1 heteroatoms. The first-order valence-electron chi connectivity index (χ1n) is 7.67. The summed E-state index contributed by atoms with van der Waals surface area (Å²) in [6, 6.07) is 21.5. The van der Waals surface area contributed by atoms with Gasteiger partial charge >= 0.3 is 0 Å². The Morgan fingerprint density at radius 3 is 2.27 bits per heavy atom. The van der Waals surface area contributed by atoms with Gasteiger partial charge in [0.05, 0.1) is 0 Å². The van der Waals surface area contributed by atoms with E-state index in [2.05, 4.69) is 62.0 Å². The van der Waals surface area contributed by atoms with Gasteiger partial charge in [-0.3, -0.25) is 0 Å². The second-order valence-corrected chi connectivity index (χ2v) is 5.37. The fourth-order valence-electron chi connectivity index (χ4n) is 2.59. The summed E-state index contributed by atoms with van der Waals surface area (Å²) in [7, 11) is 0. The van der Waals surface area contributed by atoms with Crippen LogP contribution in [0.1, 0.15) is 12.5 Å². The zero-order valence-corrected chi connectivity index (χ0v) is 12.9. The van der Waals surface area contributed by atoms with E-state index < -0.39 is 0 Å². The molecule has 0 aromatic heterocycles. The van der Waals surface area contributed by atoms with Crippen molar-refractivity contribution in [2.75, 3.05) is 6.61 Å². The lowest BCUT2D eigenvalue weighted by atomic mass is 9.99. The van der Waals surface area contributed by atoms with E-state index in [1.165, 1.54) is 27.5 Å². The summed E-state index contributed by atoms with van der Waals surface area (Å²) >= 11 is 0. The third-order valence-electron chi connectivity index (χ3n) is 3.87. The van der Waals surface area contributed by atoms with E-state index in [0.29, 0.717) is 6.61 Å². The van der Waals surface area contributed by atoms with E-state index >= 15 is 0 Å². The van der Waals surface area contributed by atoms with E-state index in [1.807, 2.05) is 12.1 Å². The van der Waals surface area contributed by atoms with Crippen LogP contribution in [-0.2, 0) is 6.42 Å². The lowest BCUT2D eigenvalue weighted by Gasteiger charge is -2.07. The number of aryl methyl sites for hydroxylation is 1. The highest BCUT2D eigenvalue weighted by atomic mass is 16.5. The Kier molecular flexibility index (Phi) is 4.24. The van der Waals surface area contributed by atoms with Gasteiger partial charge in [-0.15, -0.1) is 0 Å². The highest BCUT2D eigenvalue weighted by molar-refractivity contribution is 5.87. The summed E-state index contributed by atoms with van der Waals surface area (Å²) in [4.78, 5) is 0. The van der Waals surface area contributed by atoms with E-state index in [0.717, 1.165) is 12.2 Å². The van der Waals surface area contributed by atoms with Crippen LogP contribution in [0.5, 0.6) is 5.75 Å². The van der Waals surface area contributed by atoms with Gasteiger partial charge in [0.15, 0.2) is 0 Å². The largest absolute Gasteiger partial charge is 0.490 e. The molecule has 1 nitrogen and oxygen atoms in total. The Hall–Kier alpha value is -2.54. The van der Waals surface area contributed by atoms with Gasteiger partial charge < -0.3 is 4.74 Å². The van der Waals surface area contributed by atoms with Crippen molar-refractivity contribution in [1.29, 1.82) is 0 Å². The Morgan fingerprint density at radius 1 is 0.864 bits per heavy atom. The van der Waals surface area contributed by atoms with E-state index in [4.69, 9.17) is 4.74 Å². The molecule has 0 saturated heterocycles. The van der Waals surface area contributed by atoms with Crippen molar-refractivity contribution in [3.8, 4) is 16.9 Å². The molecule has 0 aliphatic heterocycles. The molecule has 0 heterocycles. The summed E-state index contributed by atoms with van der Waals surface area (Å²) in [5, 5.41) is 2.58. The van der Waals surface area contributed by atoms with Crippen molar-refractivity contribution < 1.29 is 4.74 Å². The summed E-state index contributed by atoms with van der Waals surface area (Å²) in [6.07, 6.45) is 2.83. The first kappa shape index (κ1) is 14.4. The molecule has 0 N–H and O–H groups in total. The first-order valence-corrected chi connectivity index (χ1v) is 7.67. The number of hydrogen-bond acceptors (Lipinski definition) is 1. The predicted octanol–water partition coefficient (Wildman–Crippen LogP) is 5.63. The quantitative estimate of drug-likeness (QED) is 0.552. The van der Waals surface area contributed by atoms with Gasteiger partial charge in [0.25, 0.3) is 0 Å². The first-order chi connectivity index (χ1) is 10.8. The van der Waals surface area contributed by atoms with Crippen molar-refractivity contribution in [3.05, 3.63) is 78.9 Å². The molecule has 3 aromatic carbocycles. The Morgan fingerprint density at radius 2 is 1.55 bits per heavy atom. The fourth-order valence-corrected chi connectivity index (χ4v) is 2.59. The Labute approximate surface area is 131 Å². The van der Waals surface area contributed by atoms with Gasteiger partial charge in [-0.1, -0.05) is 62.0 Å². The molecule has 3 rings (SSSR count). The number of ether oxygens (including phenoxy) is 1. The normalized spacial score (nSPS) is 10.6. The SMILES string of the molecule is C=CCOc1ccc(-c2ccc3cc(CC)ccc3c2)cc1. The monoisotopic (exact) mass is 288 g/mol. The third-order valence-corrected chi connectivity index (χ3v) is 3.87. The molecule has 0 amide bonds. The average molecular weight is 288 g/mol. The van der Waals surface area contributed by atoms with Gasteiger partial charge in [-0.2, -0.15) is 0 Å². The van der Waals surface area contributed by atoms with E-state index in [9.17, 15) is 0 Å². The minimum Gasteiger partial charge on any atom is -0.490 e. The maximum Gasteiger partial charge on any atom is 0.119 e. The molecule has 0 fully saturated rings. The molecule has 0 aliphatic carbocycles. The lowest BCUT2D eigenvalue weighted by molar-refractivity contribution is 0.363. The van der Waals surface area contributed by atoms with Crippen LogP contribution in [0.4, 0.5) is 0 Å². The summed E-state index contributed by atoms with van der Waals surface area (Å²) in [6.45, 7) is 6.38. The van der Waals surface area contributed by atoms with Crippen LogP contribution in [0.2, 0.25) is 0 Å². The van der Waals surface area contributed by atoms with Crippen molar-refractivity contribution in [1.82, 2.24) is 0 Å². The molecule has 0 spiro atoms. The summed E-state index contributed by atoms with van der Waals surface area (Å²) in [5.41, 5.74) is 3.81. The van der Waals surface area contributed by atoms with Crippen LogP contribution in [0.25, 0.3) is 21.9 Å². The topological polar surface area (TPSA) is 9.23 Å². The third kappa shape index (κ3) is 3.04. The lowest BCUT2D eigenvalue weighted by Crippen LogP contribution is -1.92. The molecule has 0 saturated carbocycles. The van der Waals surface area contributed by atoms with Crippen LogP contribution in [0.3, 0.4) is 0 Å². The molecule has 0 bridgehead atoms. The Bertz CT molecular complexity index is 785. The molecule has 22 heavy (non-hydrogen) atoms. The summed E-state index contributed by atoms with van der Waals surface area (Å²) < 4.78 is 5.52. The number of hydrogen-bond donors (Lipinski definition) is 0. The van der Waals surface area contributed by atoms with Crippen LogP contribution in [0.15, 0.2) is 73.3 Å². The van der Waals surface area contributed by atoms with Crippen LogP contribution in [-0.4, -0.2) is 6.61 Å². The zero-order chi connectivity index (χ0) is 15.4. The highest BCUT2D eigenvalue weighted by Crippen LogP contribution is 2.27. The number of benzene rings is 3. The smallest absolute Gasteiger partial charge is 0.119 e. The van der Waals surface area contributed by atoms with Crippen molar-refractivity contribution in [2.24, 2.45) is 0 Å². The molecule has 0 atom stereocenters. The summed E-state index contributed by atoms with van der Waals surface area (Å²) in [5.74, 6) is 0.872. The number of rotatable bonds is 5. The zero-order valence-electron chi connectivity index (χ0n) is 12.9. The van der Waals surface area contributed by atoms with Gasteiger partial charge in [0.2, 0.25) is 0 Å². The molecular formula is C21H20O. The standard InChI is InChI=1S/C21H20O/c1-3-13-22-21-11-9-17(10-12-21)19-8-7-18-14-16(4-2)5-6-20(18)15-19/h3,5-12,14-15H,1,4,13H2,2H3. The van der Waals surface area contributed by atoms with Crippen LogP contribution in [0, 0.1) is 0 Å². The van der Waals surface area contributed by atoms with Crippen molar-refractivity contribution in [2.45, 2.75) is 13.3 Å². The van der Waals surface area contributed by atoms with Crippen molar-refractivity contribution >= 4 is 10.8 Å². The van der Waals surface area contributed by atoms with Gasteiger partial charge in [-0.25, -0.2) is 0 Å². The Balaban J connectivity index is 1.90. The minimum absolute atomic E-state index is 0.537. The fraction of sp³-hybridized carbons (Fsp3) is 0.143. The average Bonchev–Trinajstić information content (AvgIpc) is 2.59. The van der Waals surface area contributed by atoms with Gasteiger partial charge in [0.1, 0.15) is 12.4 Å². The molecule has 0 aliphatic rings. The molecule has 0 radical (unpaired) electrons. The van der Waals surface area contributed by atoms with Crippen LogP contribution >= 0.6 is 0 Å². The maximum atomic E-state index is 5.52. The molecule has 0 unspecified atom stereocenters. The van der Waals surface area contributed by atoms with E-state index in [1.54, 1.807) is 6.08 Å². The second-order valence-electron chi connectivity index (χ2n) is 5.37. The maximum absolute atomic E-state index is 5.52. The molecular weight excluding hydrogens is 268 g/mol. The highest BCUT2D eigenvalue weighted by Gasteiger charge is 2.01.